The van der Waals surface area contributed by atoms with Gasteiger partial charge in [-0.05, 0) is 135 Å². The maximum absolute atomic E-state index is 13.1. The second-order valence-electron chi connectivity index (χ2n) is 16.3. The molecule has 1 aliphatic heterocycles. The molecule has 2 aromatic heterocycles. The average molecular weight is 767 g/mol. The fraction of sp³-hybridized carbons (Fsp3) is 0.477. The summed E-state index contributed by atoms with van der Waals surface area (Å²) < 4.78 is 21.1. The number of ether oxygens (including phenoxy) is 3. The molecule has 3 atom stereocenters. The summed E-state index contributed by atoms with van der Waals surface area (Å²) in [5, 5.41) is 18.1. The molecule has 4 aromatic rings. The number of carboxylic acids is 1. The number of halogens is 1. The van der Waals surface area contributed by atoms with Crippen LogP contribution in [0.15, 0.2) is 71.8 Å². The number of carboxylic acid groups (broad SMARTS) is 1. The van der Waals surface area contributed by atoms with Crippen LogP contribution in [0, 0.1) is 11.8 Å². The Morgan fingerprint density at radius 3 is 2.73 bits per heavy atom. The van der Waals surface area contributed by atoms with Crippen LogP contribution >= 0.6 is 11.6 Å². The van der Waals surface area contributed by atoms with Gasteiger partial charge >= 0.3 is 5.97 Å². The second kappa shape index (κ2) is 15.5. The predicted molar refractivity (Wildman–Crippen MR) is 213 cm³/mol. The van der Waals surface area contributed by atoms with Gasteiger partial charge in [0, 0.05) is 60.6 Å². The summed E-state index contributed by atoms with van der Waals surface area (Å²) in [5.74, 6) is 2.22. The third kappa shape index (κ3) is 7.68. The van der Waals surface area contributed by atoms with Gasteiger partial charge in [0.2, 0.25) is 5.56 Å². The highest BCUT2D eigenvalue weighted by Gasteiger charge is 2.54. The third-order valence-electron chi connectivity index (χ3n) is 12.5. The van der Waals surface area contributed by atoms with E-state index in [0.717, 1.165) is 61.3 Å². The maximum Gasteiger partial charge on any atom is 0.329 e. The van der Waals surface area contributed by atoms with Crippen molar-refractivity contribution >= 4 is 23.3 Å². The molecular weight excluding hydrogens is 716 g/mol. The summed E-state index contributed by atoms with van der Waals surface area (Å²) >= 11 is 6.31. The van der Waals surface area contributed by atoms with E-state index in [1.54, 1.807) is 29.8 Å². The zero-order valence-corrected chi connectivity index (χ0v) is 32.5. The number of hydrogen-bond acceptors (Lipinski definition) is 8. The minimum atomic E-state index is -1.10. The monoisotopic (exact) mass is 766 g/mol. The highest BCUT2D eigenvalue weighted by Crippen LogP contribution is 2.58. The Bertz CT molecular complexity index is 2110. The normalized spacial score (nSPS) is 24.5. The number of rotatable bonds is 12. The van der Waals surface area contributed by atoms with Crippen molar-refractivity contribution in [1.82, 2.24) is 14.9 Å². The molecule has 0 amide bonds. The van der Waals surface area contributed by atoms with Crippen LogP contribution in [0.1, 0.15) is 79.8 Å². The largest absolute Gasteiger partial charge is 0.493 e. The van der Waals surface area contributed by atoms with E-state index in [9.17, 15) is 14.7 Å². The summed E-state index contributed by atoms with van der Waals surface area (Å²) in [6.45, 7) is 4.52. The Hall–Kier alpha value is -4.54. The van der Waals surface area contributed by atoms with Crippen LogP contribution in [-0.2, 0) is 43.1 Å². The number of aromatic nitrogens is 2. The molecule has 3 N–H and O–H groups in total. The van der Waals surface area contributed by atoms with Gasteiger partial charge in [0.05, 0.1) is 6.61 Å². The molecule has 290 valence electrons. The standard InChI is InChI=1S/C44H51ClN4O6/c1-28(26-53-38-12-17-47-37-9-4-3-8-35(37)38)18-31-19-30-20-39-40(55-34(27-54-39)24-46-23-29-10-11-41(50)49(2)25-29)22-36(30)43(31)13-15-44(16-14-43,42(51)52)48-33-7-5-6-32(45)21-33/h5-7,10-12,17,20-22,25,28,31,34,46,48H,3-4,8-9,13-16,18-19,23-24,26-27H2,1-2H3,(H,51,52)/t28-,31?,34?,43?,44?/m1/s1. The molecule has 2 unspecified atom stereocenters. The Morgan fingerprint density at radius 1 is 1.09 bits per heavy atom. The van der Waals surface area contributed by atoms with Crippen molar-refractivity contribution < 1.29 is 24.1 Å². The number of aliphatic carboxylic acids is 1. The van der Waals surface area contributed by atoms with E-state index in [1.807, 2.05) is 36.7 Å². The van der Waals surface area contributed by atoms with E-state index >= 15 is 0 Å². The lowest BCUT2D eigenvalue weighted by Crippen LogP contribution is -2.53. The predicted octanol–water partition coefficient (Wildman–Crippen LogP) is 7.27. The van der Waals surface area contributed by atoms with Gasteiger partial charge in [0.25, 0.3) is 0 Å². The molecule has 2 aromatic carbocycles. The van der Waals surface area contributed by atoms with Gasteiger partial charge in [0.1, 0.15) is 24.0 Å². The summed E-state index contributed by atoms with van der Waals surface area (Å²) in [5.41, 5.74) is 5.34. The first-order valence-electron chi connectivity index (χ1n) is 19.8. The first-order chi connectivity index (χ1) is 26.6. The number of anilines is 1. The lowest BCUT2D eigenvalue weighted by Gasteiger charge is -2.47. The molecule has 4 aliphatic rings. The number of benzene rings is 2. The number of carbonyl (C=O) groups is 1. The van der Waals surface area contributed by atoms with Gasteiger partial charge < -0.3 is 34.5 Å². The molecule has 55 heavy (non-hydrogen) atoms. The number of nitrogens with zero attached hydrogens (tertiary/aromatic N) is 2. The third-order valence-corrected chi connectivity index (χ3v) is 12.8. The summed E-state index contributed by atoms with van der Waals surface area (Å²) in [6, 6.07) is 17.1. The molecule has 10 nitrogen and oxygen atoms in total. The summed E-state index contributed by atoms with van der Waals surface area (Å²) in [4.78, 5) is 29.5. The summed E-state index contributed by atoms with van der Waals surface area (Å²) in [7, 11) is 1.75. The number of nitrogens with one attached hydrogen (secondary N) is 2. The Balaban J connectivity index is 1.02. The first-order valence-corrected chi connectivity index (χ1v) is 20.2. The lowest BCUT2D eigenvalue weighted by atomic mass is 9.59. The zero-order valence-electron chi connectivity index (χ0n) is 31.7. The van der Waals surface area contributed by atoms with Crippen molar-refractivity contribution in [2.24, 2.45) is 18.9 Å². The Morgan fingerprint density at radius 2 is 1.93 bits per heavy atom. The summed E-state index contributed by atoms with van der Waals surface area (Å²) in [6.07, 6.45) is 12.2. The quantitative estimate of drug-likeness (QED) is 0.137. The lowest BCUT2D eigenvalue weighted by molar-refractivity contribution is -0.144. The smallest absolute Gasteiger partial charge is 0.329 e. The minimum absolute atomic E-state index is 0.0353. The van der Waals surface area contributed by atoms with Crippen molar-refractivity contribution in [3.63, 3.8) is 0 Å². The van der Waals surface area contributed by atoms with Crippen LogP contribution in [0.25, 0.3) is 0 Å². The highest BCUT2D eigenvalue weighted by atomic mass is 35.5. The van der Waals surface area contributed by atoms with Gasteiger partial charge in [-0.15, -0.1) is 0 Å². The second-order valence-corrected chi connectivity index (χ2v) is 16.7. The fourth-order valence-electron chi connectivity index (χ4n) is 9.61. The molecule has 3 aliphatic carbocycles. The molecule has 0 radical (unpaired) electrons. The van der Waals surface area contributed by atoms with Crippen molar-refractivity contribution in [2.45, 2.75) is 94.7 Å². The molecule has 1 spiro atoms. The van der Waals surface area contributed by atoms with E-state index in [1.165, 1.54) is 35.2 Å². The van der Waals surface area contributed by atoms with Crippen molar-refractivity contribution in [3.8, 4) is 17.2 Å². The van der Waals surface area contributed by atoms with Gasteiger partial charge in [-0.1, -0.05) is 30.7 Å². The van der Waals surface area contributed by atoms with Gasteiger partial charge in [-0.3, -0.25) is 9.78 Å². The van der Waals surface area contributed by atoms with Gasteiger partial charge in [0.15, 0.2) is 11.5 Å². The van der Waals surface area contributed by atoms with Crippen molar-refractivity contribution in [1.29, 1.82) is 0 Å². The van der Waals surface area contributed by atoms with Crippen LogP contribution in [-0.4, -0.2) is 52.0 Å². The van der Waals surface area contributed by atoms with Crippen LogP contribution in [0.4, 0.5) is 5.69 Å². The minimum Gasteiger partial charge on any atom is -0.493 e. The van der Waals surface area contributed by atoms with Gasteiger partial charge in [-0.2, -0.15) is 0 Å². The van der Waals surface area contributed by atoms with E-state index in [0.29, 0.717) is 55.8 Å². The van der Waals surface area contributed by atoms with Crippen molar-refractivity contribution in [2.75, 3.05) is 25.1 Å². The SMILES string of the molecule is C[C@@H](COc1ccnc2c1CCCC2)CC1Cc2cc3c(cc2C12CCC(Nc1cccc(Cl)c1)(C(=O)O)CC2)OC(CNCc1ccc(=O)n(C)c1)CO3. The molecule has 3 heterocycles. The molecular formula is C44H51ClN4O6. The fourth-order valence-corrected chi connectivity index (χ4v) is 9.80. The van der Waals surface area contributed by atoms with Crippen LogP contribution in [0.3, 0.4) is 0 Å². The Labute approximate surface area is 327 Å². The van der Waals surface area contributed by atoms with Crippen LogP contribution in [0.2, 0.25) is 5.02 Å². The Kier molecular flexibility index (Phi) is 10.6. The highest BCUT2D eigenvalue weighted by molar-refractivity contribution is 6.30. The van der Waals surface area contributed by atoms with E-state index in [2.05, 4.69) is 34.7 Å². The number of fused-ring (bicyclic) bond motifs is 4. The maximum atomic E-state index is 13.1. The van der Waals surface area contributed by atoms with E-state index in [-0.39, 0.29) is 23.0 Å². The number of hydrogen-bond donors (Lipinski definition) is 3. The zero-order chi connectivity index (χ0) is 38.2. The van der Waals surface area contributed by atoms with Crippen molar-refractivity contribution in [3.05, 3.63) is 110 Å². The van der Waals surface area contributed by atoms with Gasteiger partial charge in [-0.25, -0.2) is 4.79 Å². The van der Waals surface area contributed by atoms with E-state index in [4.69, 9.17) is 25.8 Å². The van der Waals surface area contributed by atoms with E-state index < -0.39 is 11.5 Å². The molecule has 1 saturated carbocycles. The molecule has 0 bridgehead atoms. The molecule has 1 fully saturated rings. The first kappa shape index (κ1) is 37.4. The average Bonchev–Trinajstić information content (AvgIpc) is 3.45. The topological polar surface area (TPSA) is 124 Å². The molecule has 0 saturated heterocycles. The number of aryl methyl sites for hydroxylation is 2. The van der Waals surface area contributed by atoms with Crippen LogP contribution in [0.5, 0.6) is 17.2 Å². The molecule has 11 heteroatoms. The van der Waals surface area contributed by atoms with Crippen LogP contribution < -0.4 is 30.4 Å². The molecule has 8 rings (SSSR count). The number of pyridine rings is 2.